The maximum absolute atomic E-state index is 12.8. The van der Waals surface area contributed by atoms with Gasteiger partial charge in [-0.15, -0.1) is 0 Å². The van der Waals surface area contributed by atoms with Crippen LogP contribution in [-0.2, 0) is 16.6 Å². The van der Waals surface area contributed by atoms with Crippen molar-refractivity contribution in [3.63, 3.8) is 0 Å². The fourth-order valence-corrected chi connectivity index (χ4v) is 4.62. The van der Waals surface area contributed by atoms with Crippen LogP contribution < -0.4 is 0 Å². The quantitative estimate of drug-likeness (QED) is 0.844. The highest BCUT2D eigenvalue weighted by Gasteiger charge is 2.33. The second-order valence-corrected chi connectivity index (χ2v) is 7.40. The largest absolute Gasteiger partial charge is 0.273 e. The first-order valence-electron chi connectivity index (χ1n) is 7.57. The van der Waals surface area contributed by atoms with Gasteiger partial charge in [-0.25, -0.2) is 8.42 Å². The van der Waals surface area contributed by atoms with Gasteiger partial charge >= 0.3 is 0 Å². The molecule has 1 aliphatic heterocycles. The lowest BCUT2D eigenvalue weighted by Crippen LogP contribution is -2.44. The van der Waals surface area contributed by atoms with Crippen LogP contribution in [0.25, 0.3) is 0 Å². The minimum absolute atomic E-state index is 0.0307. The molecule has 3 rings (SSSR count). The van der Waals surface area contributed by atoms with E-state index in [0.29, 0.717) is 6.54 Å². The molecule has 0 bridgehead atoms. The molecule has 3 heterocycles. The summed E-state index contributed by atoms with van der Waals surface area (Å²) >= 11 is 0. The minimum Gasteiger partial charge on any atom is -0.273 e. The van der Waals surface area contributed by atoms with Gasteiger partial charge in [0.25, 0.3) is 0 Å². The van der Waals surface area contributed by atoms with Crippen LogP contribution in [0.4, 0.5) is 0 Å². The maximum Gasteiger partial charge on any atom is 0.244 e. The lowest BCUT2D eigenvalue weighted by Gasteiger charge is -2.34. The SMILES string of the molecule is O=S(=O)(c1cccnc1)N1CCCC[C@H]1CCn1cccn1. The molecule has 0 N–H and O–H groups in total. The lowest BCUT2D eigenvalue weighted by atomic mass is 10.0. The molecule has 2 aromatic rings. The fourth-order valence-electron chi connectivity index (χ4n) is 2.93. The number of sulfonamides is 1. The van der Waals surface area contributed by atoms with Gasteiger partial charge in [0.05, 0.1) is 0 Å². The van der Waals surface area contributed by atoms with Crippen molar-refractivity contribution in [3.05, 3.63) is 43.0 Å². The topological polar surface area (TPSA) is 68.1 Å². The third-order valence-corrected chi connectivity index (χ3v) is 6.00. The molecule has 1 atom stereocenters. The zero-order valence-electron chi connectivity index (χ0n) is 12.4. The lowest BCUT2D eigenvalue weighted by molar-refractivity contribution is 0.231. The number of aromatic nitrogens is 3. The second-order valence-electron chi connectivity index (χ2n) is 5.51. The average Bonchev–Trinajstić information content (AvgIpc) is 3.07. The Morgan fingerprint density at radius 2 is 2.14 bits per heavy atom. The molecule has 1 aliphatic rings. The molecule has 0 amide bonds. The van der Waals surface area contributed by atoms with Crippen molar-refractivity contribution in [3.8, 4) is 0 Å². The van der Waals surface area contributed by atoms with Gasteiger partial charge < -0.3 is 0 Å². The first-order chi connectivity index (χ1) is 10.7. The maximum atomic E-state index is 12.8. The highest BCUT2D eigenvalue weighted by molar-refractivity contribution is 7.89. The second kappa shape index (κ2) is 6.58. The van der Waals surface area contributed by atoms with Crippen LogP contribution in [0.2, 0.25) is 0 Å². The predicted octanol–water partition coefficient (Wildman–Crippen LogP) is 1.91. The van der Waals surface area contributed by atoms with E-state index < -0.39 is 10.0 Å². The number of nitrogens with zero attached hydrogens (tertiary/aromatic N) is 4. The molecule has 0 spiro atoms. The van der Waals surface area contributed by atoms with E-state index in [2.05, 4.69) is 10.1 Å². The van der Waals surface area contributed by atoms with Gasteiger partial charge in [0.1, 0.15) is 4.90 Å². The Morgan fingerprint density at radius 1 is 1.23 bits per heavy atom. The van der Waals surface area contributed by atoms with Crippen LogP contribution >= 0.6 is 0 Å². The van der Waals surface area contributed by atoms with Crippen molar-refractivity contribution in [2.45, 2.75) is 43.2 Å². The van der Waals surface area contributed by atoms with Gasteiger partial charge in [-0.2, -0.15) is 9.40 Å². The Kier molecular flexibility index (Phi) is 4.54. The minimum atomic E-state index is -3.46. The number of pyridine rings is 1. The van der Waals surface area contributed by atoms with Gasteiger partial charge in [0, 0.05) is 43.9 Å². The van der Waals surface area contributed by atoms with Crippen LogP contribution in [0.15, 0.2) is 47.9 Å². The van der Waals surface area contributed by atoms with Crippen molar-refractivity contribution < 1.29 is 8.42 Å². The van der Waals surface area contributed by atoms with E-state index in [1.54, 1.807) is 28.8 Å². The summed E-state index contributed by atoms with van der Waals surface area (Å²) in [6.07, 6.45) is 10.3. The summed E-state index contributed by atoms with van der Waals surface area (Å²) < 4.78 is 29.1. The highest BCUT2D eigenvalue weighted by Crippen LogP contribution is 2.27. The normalized spacial score (nSPS) is 20.1. The van der Waals surface area contributed by atoms with E-state index in [1.807, 2.05) is 16.9 Å². The van der Waals surface area contributed by atoms with Crippen molar-refractivity contribution in [1.29, 1.82) is 0 Å². The van der Waals surface area contributed by atoms with Gasteiger partial charge in [-0.3, -0.25) is 9.67 Å². The van der Waals surface area contributed by atoms with E-state index in [0.717, 1.165) is 32.2 Å². The van der Waals surface area contributed by atoms with Gasteiger partial charge in [0.2, 0.25) is 10.0 Å². The van der Waals surface area contributed by atoms with Crippen LogP contribution in [-0.4, -0.2) is 40.1 Å². The zero-order chi connectivity index (χ0) is 15.4. The molecule has 0 radical (unpaired) electrons. The van der Waals surface area contributed by atoms with Crippen molar-refractivity contribution in [2.75, 3.05) is 6.54 Å². The van der Waals surface area contributed by atoms with Crippen molar-refractivity contribution in [2.24, 2.45) is 0 Å². The highest BCUT2D eigenvalue weighted by atomic mass is 32.2. The molecule has 118 valence electrons. The number of piperidine rings is 1. The van der Waals surface area contributed by atoms with E-state index >= 15 is 0 Å². The van der Waals surface area contributed by atoms with Crippen LogP contribution in [0.5, 0.6) is 0 Å². The number of rotatable bonds is 5. The Hall–Kier alpha value is -1.73. The molecule has 7 heteroatoms. The Balaban J connectivity index is 1.77. The van der Waals surface area contributed by atoms with E-state index in [4.69, 9.17) is 0 Å². The van der Waals surface area contributed by atoms with Crippen molar-refractivity contribution >= 4 is 10.0 Å². The smallest absolute Gasteiger partial charge is 0.244 e. The summed E-state index contributed by atoms with van der Waals surface area (Å²) in [6.45, 7) is 1.32. The molecule has 0 aromatic carbocycles. The molecule has 0 unspecified atom stereocenters. The van der Waals surface area contributed by atoms with Crippen LogP contribution in [0.1, 0.15) is 25.7 Å². The van der Waals surface area contributed by atoms with E-state index in [9.17, 15) is 8.42 Å². The zero-order valence-corrected chi connectivity index (χ0v) is 13.2. The summed E-state index contributed by atoms with van der Waals surface area (Å²) in [5.74, 6) is 0. The summed E-state index contributed by atoms with van der Waals surface area (Å²) in [5, 5.41) is 4.18. The standard InChI is InChI=1S/C15H20N4O2S/c20-22(21,15-6-3-8-16-13-15)19-11-2-1-5-14(19)7-12-18-10-4-9-17-18/h3-4,6,8-10,13-14H,1-2,5,7,11-12H2/t14-/m0/s1. The molecular weight excluding hydrogens is 300 g/mol. The molecular formula is C15H20N4O2S. The molecule has 0 aliphatic carbocycles. The monoisotopic (exact) mass is 320 g/mol. The fraction of sp³-hybridized carbons (Fsp3) is 0.467. The van der Waals surface area contributed by atoms with Gasteiger partial charge in [-0.1, -0.05) is 6.42 Å². The van der Waals surface area contributed by atoms with Gasteiger partial charge in [0.15, 0.2) is 0 Å². The summed E-state index contributed by atoms with van der Waals surface area (Å²) in [4.78, 5) is 4.22. The number of aryl methyl sites for hydroxylation is 1. The molecule has 6 nitrogen and oxygen atoms in total. The summed E-state index contributed by atoms with van der Waals surface area (Å²) in [5.41, 5.74) is 0. The average molecular weight is 320 g/mol. The van der Waals surface area contributed by atoms with E-state index in [-0.39, 0.29) is 10.9 Å². The van der Waals surface area contributed by atoms with Crippen LogP contribution in [0, 0.1) is 0 Å². The molecule has 2 aromatic heterocycles. The third kappa shape index (κ3) is 3.20. The molecule has 0 saturated carbocycles. The number of hydrogen-bond acceptors (Lipinski definition) is 4. The Morgan fingerprint density at radius 3 is 2.86 bits per heavy atom. The summed E-state index contributed by atoms with van der Waals surface area (Å²) in [6, 6.07) is 5.19. The molecule has 22 heavy (non-hydrogen) atoms. The third-order valence-electron chi connectivity index (χ3n) is 4.06. The summed E-state index contributed by atoms with van der Waals surface area (Å²) in [7, 11) is -3.46. The first-order valence-corrected chi connectivity index (χ1v) is 9.01. The first kappa shape index (κ1) is 15.2. The van der Waals surface area contributed by atoms with E-state index in [1.165, 1.54) is 6.20 Å². The van der Waals surface area contributed by atoms with Gasteiger partial charge in [-0.05, 0) is 37.5 Å². The predicted molar refractivity (Wildman–Crippen MR) is 82.6 cm³/mol. The molecule has 1 fully saturated rings. The molecule has 1 saturated heterocycles. The Bertz CT molecular complexity index is 686. The number of hydrogen-bond donors (Lipinski definition) is 0. The Labute approximate surface area is 130 Å². The van der Waals surface area contributed by atoms with Crippen LogP contribution in [0.3, 0.4) is 0 Å². The van der Waals surface area contributed by atoms with Crippen molar-refractivity contribution in [1.82, 2.24) is 19.1 Å².